The van der Waals surface area contributed by atoms with E-state index < -0.39 is 0 Å². The van der Waals surface area contributed by atoms with E-state index in [1.807, 2.05) is 23.5 Å². The Hall–Kier alpha value is -1.82. The molecule has 2 aromatic carbocycles. The molecule has 1 aliphatic rings. The predicted octanol–water partition coefficient (Wildman–Crippen LogP) is 4.19. The van der Waals surface area contributed by atoms with Gasteiger partial charge in [0.15, 0.2) is 0 Å². The van der Waals surface area contributed by atoms with Crippen molar-refractivity contribution in [3.05, 3.63) is 64.9 Å². The minimum Gasteiger partial charge on any atom is -0.301 e. The first-order chi connectivity index (χ1) is 12.8. The van der Waals surface area contributed by atoms with Gasteiger partial charge >= 0.3 is 0 Å². The van der Waals surface area contributed by atoms with Gasteiger partial charge < -0.3 is 4.90 Å². The number of fused-ring (bicyclic) bond motifs is 1. The molecule has 1 aliphatic heterocycles. The fraction of sp³-hybridized carbons (Fsp3) is 0.381. The Kier molecular flexibility index (Phi) is 5.58. The number of halogens is 1. The maximum atomic E-state index is 13.0. The molecular weight excluding hydrogens is 345 g/mol. The summed E-state index contributed by atoms with van der Waals surface area (Å²) in [5.41, 5.74) is 2.32. The number of benzene rings is 2. The number of rotatable bonds is 6. The van der Waals surface area contributed by atoms with Crippen molar-refractivity contribution >= 4 is 21.6 Å². The van der Waals surface area contributed by atoms with Gasteiger partial charge in [-0.2, -0.15) is 0 Å². The number of hydrogen-bond donors (Lipinski definition) is 0. The van der Waals surface area contributed by atoms with Gasteiger partial charge in [-0.25, -0.2) is 9.37 Å². The molecule has 0 aliphatic carbocycles. The normalized spacial score (nSPS) is 16.3. The summed E-state index contributed by atoms with van der Waals surface area (Å²) in [6.45, 7) is 6.44. The molecule has 0 N–H and O–H groups in total. The van der Waals surface area contributed by atoms with Gasteiger partial charge in [0, 0.05) is 39.1 Å². The number of para-hydroxylation sites is 1. The Morgan fingerprint density at radius 1 is 0.923 bits per heavy atom. The largest absolute Gasteiger partial charge is 0.301 e. The smallest absolute Gasteiger partial charge is 0.123 e. The van der Waals surface area contributed by atoms with E-state index >= 15 is 0 Å². The molecule has 26 heavy (non-hydrogen) atoms. The first-order valence-corrected chi connectivity index (χ1v) is 10.1. The van der Waals surface area contributed by atoms with Crippen LogP contribution in [0.3, 0.4) is 0 Å². The Labute approximate surface area is 158 Å². The fourth-order valence-electron chi connectivity index (χ4n) is 3.50. The number of piperazine rings is 1. The molecule has 136 valence electrons. The van der Waals surface area contributed by atoms with Crippen LogP contribution in [0.2, 0.25) is 0 Å². The number of nitrogens with zero attached hydrogens (tertiary/aromatic N) is 3. The van der Waals surface area contributed by atoms with Crippen molar-refractivity contribution in [3.63, 3.8) is 0 Å². The Morgan fingerprint density at radius 3 is 2.42 bits per heavy atom. The van der Waals surface area contributed by atoms with Crippen LogP contribution in [-0.4, -0.2) is 47.5 Å². The topological polar surface area (TPSA) is 19.4 Å². The average molecular weight is 370 g/mol. The molecule has 0 bridgehead atoms. The monoisotopic (exact) mass is 369 g/mol. The third-order valence-corrected chi connectivity index (χ3v) is 6.08. The van der Waals surface area contributed by atoms with E-state index in [1.165, 1.54) is 15.3 Å². The maximum absolute atomic E-state index is 13.0. The molecule has 5 heteroatoms. The lowest BCUT2D eigenvalue weighted by molar-refractivity contribution is 0.126. The quantitative estimate of drug-likeness (QED) is 0.650. The average Bonchev–Trinajstić information content (AvgIpc) is 3.08. The van der Waals surface area contributed by atoms with Crippen LogP contribution in [0.1, 0.15) is 17.0 Å². The summed E-state index contributed by atoms with van der Waals surface area (Å²) in [7, 11) is 0. The highest BCUT2D eigenvalue weighted by molar-refractivity contribution is 7.18. The van der Waals surface area contributed by atoms with E-state index in [4.69, 9.17) is 4.98 Å². The van der Waals surface area contributed by atoms with Crippen LogP contribution in [0.4, 0.5) is 4.39 Å². The third kappa shape index (κ3) is 4.47. The van der Waals surface area contributed by atoms with Crippen LogP contribution in [0, 0.1) is 5.82 Å². The van der Waals surface area contributed by atoms with E-state index in [9.17, 15) is 4.39 Å². The standard InChI is InChI=1S/C21H24FN3S/c22-18-9-7-17(8-10-18)16-25-14-12-24(13-15-25)11-3-6-21-23-19-4-1-2-5-20(19)26-21/h1-2,4-5,7-10H,3,6,11-16H2. The first kappa shape index (κ1) is 17.6. The highest BCUT2D eigenvalue weighted by Crippen LogP contribution is 2.22. The van der Waals surface area contributed by atoms with Crippen molar-refractivity contribution in [3.8, 4) is 0 Å². The SMILES string of the molecule is Fc1ccc(CN2CCN(CCCc3nc4ccccc4s3)CC2)cc1. The predicted molar refractivity (Wildman–Crippen MR) is 106 cm³/mol. The van der Waals surface area contributed by atoms with E-state index in [2.05, 4.69) is 34.1 Å². The minimum absolute atomic E-state index is 0.160. The molecule has 1 fully saturated rings. The highest BCUT2D eigenvalue weighted by Gasteiger charge is 2.16. The second-order valence-electron chi connectivity index (χ2n) is 6.92. The Morgan fingerprint density at radius 2 is 1.65 bits per heavy atom. The summed E-state index contributed by atoms with van der Waals surface area (Å²) < 4.78 is 14.3. The summed E-state index contributed by atoms with van der Waals surface area (Å²) in [5.74, 6) is -0.160. The Bertz CT molecular complexity index is 805. The van der Waals surface area contributed by atoms with Gasteiger partial charge in [0.05, 0.1) is 15.2 Å². The number of aromatic nitrogens is 1. The molecule has 0 radical (unpaired) electrons. The molecule has 0 saturated carbocycles. The summed E-state index contributed by atoms with van der Waals surface area (Å²) >= 11 is 1.82. The summed E-state index contributed by atoms with van der Waals surface area (Å²) in [4.78, 5) is 9.73. The van der Waals surface area contributed by atoms with Crippen molar-refractivity contribution in [2.45, 2.75) is 19.4 Å². The van der Waals surface area contributed by atoms with Crippen LogP contribution < -0.4 is 0 Å². The van der Waals surface area contributed by atoms with E-state index in [1.54, 1.807) is 12.1 Å². The third-order valence-electron chi connectivity index (χ3n) is 4.99. The van der Waals surface area contributed by atoms with Gasteiger partial charge in [-0.15, -0.1) is 11.3 Å². The highest BCUT2D eigenvalue weighted by atomic mass is 32.1. The lowest BCUT2D eigenvalue weighted by Gasteiger charge is -2.34. The van der Waals surface area contributed by atoms with Gasteiger partial charge in [-0.1, -0.05) is 24.3 Å². The van der Waals surface area contributed by atoms with Gasteiger partial charge in [0.1, 0.15) is 5.82 Å². The zero-order valence-electron chi connectivity index (χ0n) is 14.9. The van der Waals surface area contributed by atoms with Crippen LogP contribution in [0.25, 0.3) is 10.2 Å². The maximum Gasteiger partial charge on any atom is 0.123 e. The second kappa shape index (κ2) is 8.25. The van der Waals surface area contributed by atoms with Crippen molar-refractivity contribution in [1.82, 2.24) is 14.8 Å². The van der Waals surface area contributed by atoms with Crippen molar-refractivity contribution in [1.29, 1.82) is 0 Å². The number of aryl methyl sites for hydroxylation is 1. The molecule has 1 aromatic heterocycles. The summed E-state index contributed by atoms with van der Waals surface area (Å²) in [6.07, 6.45) is 2.23. The molecule has 0 spiro atoms. The fourth-order valence-corrected chi connectivity index (χ4v) is 4.51. The van der Waals surface area contributed by atoms with Crippen molar-refractivity contribution in [2.24, 2.45) is 0 Å². The van der Waals surface area contributed by atoms with Crippen LogP contribution in [-0.2, 0) is 13.0 Å². The zero-order valence-corrected chi connectivity index (χ0v) is 15.7. The van der Waals surface area contributed by atoms with Crippen molar-refractivity contribution < 1.29 is 4.39 Å². The van der Waals surface area contributed by atoms with E-state index in [0.29, 0.717) is 0 Å². The summed E-state index contributed by atoms with van der Waals surface area (Å²) in [5, 5.41) is 1.25. The molecule has 0 amide bonds. The molecule has 4 rings (SSSR count). The van der Waals surface area contributed by atoms with Gasteiger partial charge in [0.25, 0.3) is 0 Å². The molecule has 3 nitrogen and oxygen atoms in total. The minimum atomic E-state index is -0.160. The lowest BCUT2D eigenvalue weighted by Crippen LogP contribution is -2.46. The first-order valence-electron chi connectivity index (χ1n) is 9.30. The lowest BCUT2D eigenvalue weighted by atomic mass is 10.2. The van der Waals surface area contributed by atoms with Crippen LogP contribution >= 0.6 is 11.3 Å². The van der Waals surface area contributed by atoms with Gasteiger partial charge in [0.2, 0.25) is 0 Å². The van der Waals surface area contributed by atoms with Gasteiger partial charge in [-0.3, -0.25) is 4.90 Å². The molecule has 2 heterocycles. The molecule has 0 unspecified atom stereocenters. The Balaban J connectivity index is 1.19. The van der Waals surface area contributed by atoms with E-state index in [0.717, 1.165) is 57.6 Å². The number of thiazole rings is 1. The van der Waals surface area contributed by atoms with Crippen molar-refractivity contribution in [2.75, 3.05) is 32.7 Å². The number of hydrogen-bond acceptors (Lipinski definition) is 4. The molecular formula is C21H24FN3S. The molecule has 3 aromatic rings. The molecule has 1 saturated heterocycles. The van der Waals surface area contributed by atoms with Crippen LogP contribution in [0.15, 0.2) is 48.5 Å². The zero-order chi connectivity index (χ0) is 17.8. The summed E-state index contributed by atoms with van der Waals surface area (Å²) in [6, 6.07) is 15.3. The van der Waals surface area contributed by atoms with Crippen LogP contribution in [0.5, 0.6) is 0 Å². The van der Waals surface area contributed by atoms with Gasteiger partial charge in [-0.05, 0) is 42.8 Å². The molecule has 0 atom stereocenters. The second-order valence-corrected chi connectivity index (χ2v) is 8.04. The van der Waals surface area contributed by atoms with E-state index in [-0.39, 0.29) is 5.82 Å².